The van der Waals surface area contributed by atoms with Gasteiger partial charge in [0.2, 0.25) is 0 Å². The minimum atomic E-state index is -0.0253. The van der Waals surface area contributed by atoms with Crippen LogP contribution in [0.15, 0.2) is 248 Å². The second-order valence-electron chi connectivity index (χ2n) is 34.5. The third-order valence-electron chi connectivity index (χ3n) is 24.1. The second kappa shape index (κ2) is 30.7. The van der Waals surface area contributed by atoms with E-state index in [4.69, 9.17) is 39.6 Å². The molecule has 1 N–H and O–H groups in total. The maximum absolute atomic E-state index is 12.2. The Kier molecular flexibility index (Phi) is 19.9. The van der Waals surface area contributed by atoms with Gasteiger partial charge in [-0.15, -0.1) is 0 Å². The van der Waals surface area contributed by atoms with Gasteiger partial charge >= 0.3 is 0 Å². The standard InChI is InChI=1S/C52H48N6O.C28H28N2.C25H24N4O/c1-29(2)35-14-11-15-36(30(3)4)47(35)45-27-55-50-42-25-33(19-21-39(42)40-13-9-10-18-44(40)57(45)50)59-34-20-22-41-43(26-34)51-56-28-46(58(51)52-49(41)53-23-24-54-52)48-37(31(5)6)16-12-17-38(48)32(7)8;1-17(2)20-10-8-11-21(18(3)4)27(20)26-16-29-28-24-15-19(5)13-14-22(24)23-9-6-7-12-25(23)30(26)28;1-14(2)17-6-5-7-18(15(3)4)22(17)21-13-28-24-20-12-16(30)8-9-19(20)23-25(29(21)24)27-11-10-26-23/h9-32H,1-8H3;6-18H,1-5H3;5-15,26H,1-4H3. The van der Waals surface area contributed by atoms with Crippen LogP contribution < -0.4 is 10.2 Å². The highest BCUT2D eigenvalue weighted by molar-refractivity contribution is 6.15. The van der Waals surface area contributed by atoms with E-state index in [-0.39, 0.29) is 5.43 Å². The highest BCUT2D eigenvalue weighted by Crippen LogP contribution is 2.47. The number of hydrogen-bond acceptors (Lipinski definition) is 9. The molecule has 0 bridgehead atoms. The van der Waals surface area contributed by atoms with E-state index < -0.39 is 0 Å². The van der Waals surface area contributed by atoms with Gasteiger partial charge in [0.15, 0.2) is 16.7 Å². The molecule has 14 nitrogen and oxygen atoms in total. The van der Waals surface area contributed by atoms with Crippen molar-refractivity contribution in [3.63, 3.8) is 0 Å². The van der Waals surface area contributed by atoms with Gasteiger partial charge in [-0.1, -0.05) is 238 Å². The van der Waals surface area contributed by atoms with Crippen LogP contribution in [0.4, 0.5) is 0 Å². The van der Waals surface area contributed by atoms with Crippen LogP contribution in [0.2, 0.25) is 0 Å². The molecule has 20 rings (SSSR count). The second-order valence-corrected chi connectivity index (χ2v) is 34.5. The fourth-order valence-electron chi connectivity index (χ4n) is 18.5. The van der Waals surface area contributed by atoms with Crippen LogP contribution in [0.5, 0.6) is 11.5 Å². The Morgan fingerprint density at radius 1 is 0.286 bits per heavy atom. The summed E-state index contributed by atoms with van der Waals surface area (Å²) in [6, 6.07) is 68.4. The normalized spacial score (nSPS) is 12.2. The number of nitrogens with one attached hydrogen (secondary N) is 1. The molecule has 592 valence electrons. The van der Waals surface area contributed by atoms with E-state index in [1.807, 2.05) is 30.7 Å². The van der Waals surface area contributed by atoms with Crippen molar-refractivity contribution in [1.29, 1.82) is 0 Å². The van der Waals surface area contributed by atoms with E-state index in [9.17, 15) is 4.79 Å². The Labute approximate surface area is 693 Å². The molecule has 0 fully saturated rings. The number of imidazole rings is 4. The Hall–Kier alpha value is -13.2. The third-order valence-corrected chi connectivity index (χ3v) is 24.1. The minimum absolute atomic E-state index is 0.0253. The number of pyridine rings is 4. The number of aromatic nitrogens is 12. The van der Waals surface area contributed by atoms with Crippen molar-refractivity contribution in [3.05, 3.63) is 304 Å². The summed E-state index contributed by atoms with van der Waals surface area (Å²) >= 11 is 0. The number of benzene rings is 10. The Bertz CT molecular complexity index is 7160. The lowest BCUT2D eigenvalue weighted by Crippen LogP contribution is -2.04. The summed E-state index contributed by atoms with van der Waals surface area (Å²) in [4.78, 5) is 50.0. The molecule has 10 heterocycles. The van der Waals surface area contributed by atoms with Crippen molar-refractivity contribution in [2.45, 2.75) is 165 Å². The molecule has 0 atom stereocenters. The molecule has 14 heteroatoms. The molecule has 0 saturated carbocycles. The summed E-state index contributed by atoms with van der Waals surface area (Å²) in [5.74, 6) is 4.43. The van der Waals surface area contributed by atoms with Crippen LogP contribution in [0.25, 0.3) is 155 Å². The first kappa shape index (κ1) is 77.1. The molecule has 0 unspecified atom stereocenters. The minimum Gasteiger partial charge on any atom is -0.457 e. The van der Waals surface area contributed by atoms with Gasteiger partial charge in [0, 0.05) is 90.1 Å². The zero-order valence-electron chi connectivity index (χ0n) is 70.9. The van der Waals surface area contributed by atoms with Crippen LogP contribution in [0.3, 0.4) is 0 Å². The van der Waals surface area contributed by atoms with E-state index in [1.54, 1.807) is 30.7 Å². The number of ether oxygens (including phenoxy) is 1. The lowest BCUT2D eigenvalue weighted by Gasteiger charge is -2.20. The van der Waals surface area contributed by atoms with Crippen LogP contribution in [0.1, 0.15) is 208 Å². The van der Waals surface area contributed by atoms with Crippen LogP contribution in [-0.2, 0) is 0 Å². The number of fused-ring (bicyclic) bond motifs is 24. The molecule has 10 aromatic carbocycles. The lowest BCUT2D eigenvalue weighted by molar-refractivity contribution is 0.484. The Morgan fingerprint density at radius 3 is 1.07 bits per heavy atom. The molecular formula is C105H100N12O2. The van der Waals surface area contributed by atoms with Crippen molar-refractivity contribution in [1.82, 2.24) is 57.5 Å². The summed E-state index contributed by atoms with van der Waals surface area (Å²) in [5.41, 5.74) is 30.4. The van der Waals surface area contributed by atoms with Gasteiger partial charge in [0.1, 0.15) is 39.6 Å². The topological polar surface area (TPSA) is 150 Å². The first-order chi connectivity index (χ1) is 57.5. The Morgan fingerprint density at radius 2 is 0.630 bits per heavy atom. The van der Waals surface area contributed by atoms with Crippen molar-refractivity contribution >= 4 is 110 Å². The number of aryl methyl sites for hydroxylation is 1. The fraction of sp³-hybridized carbons (Fsp3) is 0.238. The van der Waals surface area contributed by atoms with E-state index in [0.29, 0.717) is 53.1 Å². The number of aromatic amines is 1. The van der Waals surface area contributed by atoms with Crippen LogP contribution in [0, 0.1) is 6.92 Å². The number of para-hydroxylation sites is 2. The quantitative estimate of drug-likeness (QED) is 0.105. The highest BCUT2D eigenvalue weighted by Gasteiger charge is 2.28. The summed E-state index contributed by atoms with van der Waals surface area (Å²) in [6.07, 6.45) is 15.2. The van der Waals surface area contributed by atoms with Gasteiger partial charge in [0.25, 0.3) is 0 Å². The van der Waals surface area contributed by atoms with Crippen molar-refractivity contribution in [3.8, 4) is 56.5 Å². The predicted molar refractivity (Wildman–Crippen MR) is 494 cm³/mol. The van der Waals surface area contributed by atoms with E-state index >= 15 is 0 Å². The number of nitrogens with zero attached hydrogens (tertiary/aromatic N) is 11. The van der Waals surface area contributed by atoms with Gasteiger partial charge in [0.05, 0.1) is 64.1 Å². The first-order valence-electron chi connectivity index (χ1n) is 42.2. The molecule has 20 aromatic rings. The Balaban J connectivity index is 0.000000136. The molecule has 119 heavy (non-hydrogen) atoms. The van der Waals surface area contributed by atoms with E-state index in [1.165, 1.54) is 105 Å². The monoisotopic (exact) mass is 1560 g/mol. The molecule has 0 amide bonds. The first-order valence-corrected chi connectivity index (χ1v) is 42.2. The number of H-pyrrole nitrogens is 1. The molecule has 10 aromatic heterocycles. The average Bonchev–Trinajstić information content (AvgIpc) is 1.65. The van der Waals surface area contributed by atoms with Crippen molar-refractivity contribution in [2.24, 2.45) is 0 Å². The molecule has 0 saturated heterocycles. The molecule has 0 spiro atoms. The van der Waals surface area contributed by atoms with Crippen molar-refractivity contribution < 1.29 is 4.74 Å². The largest absolute Gasteiger partial charge is 0.457 e. The summed E-state index contributed by atoms with van der Waals surface area (Å²) in [5, 5.41) is 10.8. The van der Waals surface area contributed by atoms with Gasteiger partial charge in [-0.3, -0.25) is 27.4 Å². The highest BCUT2D eigenvalue weighted by atomic mass is 16.5. The fourth-order valence-corrected chi connectivity index (χ4v) is 18.5. The van der Waals surface area contributed by atoms with Crippen molar-refractivity contribution in [2.75, 3.05) is 0 Å². The third kappa shape index (κ3) is 13.1. The maximum atomic E-state index is 12.2. The lowest BCUT2D eigenvalue weighted by atomic mass is 9.87. The molecule has 0 aliphatic carbocycles. The number of rotatable bonds is 14. The molecular weight excluding hydrogens is 1460 g/mol. The molecule has 0 aliphatic rings. The van der Waals surface area contributed by atoms with E-state index in [2.05, 4.69) is 323 Å². The average molecular weight is 1560 g/mol. The zero-order valence-corrected chi connectivity index (χ0v) is 70.9. The summed E-state index contributed by atoms with van der Waals surface area (Å²) < 4.78 is 15.8. The van der Waals surface area contributed by atoms with Crippen LogP contribution in [-0.4, -0.2) is 57.5 Å². The van der Waals surface area contributed by atoms with Crippen LogP contribution >= 0.6 is 0 Å². The molecule has 0 aliphatic heterocycles. The van der Waals surface area contributed by atoms with E-state index in [0.717, 1.165) is 106 Å². The summed E-state index contributed by atoms with van der Waals surface area (Å²) in [7, 11) is 0. The van der Waals surface area contributed by atoms with Gasteiger partial charge in [-0.05, 0) is 182 Å². The smallest absolute Gasteiger partial charge is 0.179 e. The van der Waals surface area contributed by atoms with Gasteiger partial charge in [-0.2, -0.15) is 0 Å². The number of hydrogen-bond donors (Lipinski definition) is 1. The predicted octanol–water partition coefficient (Wildman–Crippen LogP) is 27.5. The van der Waals surface area contributed by atoms with Gasteiger partial charge in [-0.25, -0.2) is 29.9 Å². The SMILES string of the molecule is CC(C)c1cccc(C(C)C)c1-c1cnc2c3cc(=O)ccc3c3[nH]ccnc3n12.CC(C)c1cccc(C(C)C)c1-c1cnc2c3cc(Oc4ccc5c(c4)c4ncc(-c6c(C(C)C)cccc6C(C)C)n4c4nccnc54)ccc3c3ccccc3n12.Cc1ccc2c3ccccc3n3c(-c4c(C(C)C)cccc4C(C)C)cnc3c2c1. The maximum Gasteiger partial charge on any atom is 0.179 e. The van der Waals surface area contributed by atoms with Gasteiger partial charge < -0.3 is 9.72 Å². The summed E-state index contributed by atoms with van der Waals surface area (Å²) in [6.45, 7) is 38.3. The zero-order chi connectivity index (χ0) is 82.7. The molecule has 0 radical (unpaired) electrons.